The van der Waals surface area contributed by atoms with Crippen molar-refractivity contribution in [1.82, 2.24) is 5.32 Å². The molecular weight excluding hydrogens is 290 g/mol. The molecule has 2 aliphatic carbocycles. The van der Waals surface area contributed by atoms with Crippen LogP contribution in [0.3, 0.4) is 0 Å². The third-order valence-electron chi connectivity index (χ3n) is 5.72. The third-order valence-corrected chi connectivity index (χ3v) is 5.72. The highest BCUT2D eigenvalue weighted by Crippen LogP contribution is 2.40. The van der Waals surface area contributed by atoms with Crippen molar-refractivity contribution >= 4 is 5.91 Å². The van der Waals surface area contributed by atoms with E-state index < -0.39 is 0 Å². The number of aliphatic hydroxyl groups is 1. The van der Waals surface area contributed by atoms with Gasteiger partial charge in [-0.05, 0) is 54.9 Å². The Morgan fingerprint density at radius 3 is 2.78 bits per heavy atom. The number of benzene rings is 1. The van der Waals surface area contributed by atoms with Crippen molar-refractivity contribution in [2.45, 2.75) is 57.1 Å². The highest BCUT2D eigenvalue weighted by Gasteiger charge is 2.37. The molecular formula is C19H25NO3. The molecule has 0 aromatic heterocycles. The number of ether oxygens (including phenoxy) is 1. The maximum absolute atomic E-state index is 12.6. The fourth-order valence-electron chi connectivity index (χ4n) is 4.23. The molecule has 1 heterocycles. The van der Waals surface area contributed by atoms with Gasteiger partial charge in [-0.1, -0.05) is 18.9 Å². The summed E-state index contributed by atoms with van der Waals surface area (Å²) in [6.45, 7) is 0.750. The number of carbonyl (C=O) groups is 1. The standard InChI is InChI=1S/C19H25NO3/c21-16-10-15(11-16)18(20-19(22)12-3-1-2-4-12)14-5-6-17-13(9-14)7-8-23-17/h5-6,9,12,15-16,18,21H,1-4,7-8,10-11H2,(H,20,22)/t15?,16?,18-/m0/s1. The smallest absolute Gasteiger partial charge is 0.223 e. The molecule has 1 aromatic rings. The van der Waals surface area contributed by atoms with Crippen LogP contribution in [0.5, 0.6) is 5.75 Å². The Bertz CT molecular complexity index is 588. The Morgan fingerprint density at radius 1 is 1.26 bits per heavy atom. The van der Waals surface area contributed by atoms with Gasteiger partial charge < -0.3 is 15.2 Å². The number of nitrogens with one attached hydrogen (secondary N) is 1. The molecule has 3 aliphatic rings. The summed E-state index contributed by atoms with van der Waals surface area (Å²) in [6, 6.07) is 6.32. The highest BCUT2D eigenvalue weighted by atomic mass is 16.5. The van der Waals surface area contributed by atoms with Gasteiger partial charge in [-0.2, -0.15) is 0 Å². The van der Waals surface area contributed by atoms with E-state index >= 15 is 0 Å². The molecule has 4 rings (SSSR count). The summed E-state index contributed by atoms with van der Waals surface area (Å²) in [5.41, 5.74) is 2.40. The van der Waals surface area contributed by atoms with Crippen LogP contribution in [-0.2, 0) is 11.2 Å². The number of hydrogen-bond acceptors (Lipinski definition) is 3. The van der Waals surface area contributed by atoms with Crippen LogP contribution >= 0.6 is 0 Å². The quantitative estimate of drug-likeness (QED) is 0.898. The summed E-state index contributed by atoms with van der Waals surface area (Å²) in [4.78, 5) is 12.6. The van der Waals surface area contributed by atoms with Crippen LogP contribution < -0.4 is 10.1 Å². The van der Waals surface area contributed by atoms with Gasteiger partial charge >= 0.3 is 0 Å². The molecule has 4 nitrogen and oxygen atoms in total. The Morgan fingerprint density at radius 2 is 2.04 bits per heavy atom. The lowest BCUT2D eigenvalue weighted by Crippen LogP contribution is -2.43. The maximum atomic E-state index is 12.6. The third kappa shape index (κ3) is 2.97. The van der Waals surface area contributed by atoms with Crippen molar-refractivity contribution in [2.75, 3.05) is 6.61 Å². The molecule has 0 unspecified atom stereocenters. The van der Waals surface area contributed by atoms with E-state index in [9.17, 15) is 9.90 Å². The maximum Gasteiger partial charge on any atom is 0.223 e. The number of hydrogen-bond donors (Lipinski definition) is 2. The fourth-order valence-corrected chi connectivity index (χ4v) is 4.23. The first kappa shape index (κ1) is 15.0. The van der Waals surface area contributed by atoms with Crippen molar-refractivity contribution in [3.8, 4) is 5.75 Å². The Hall–Kier alpha value is -1.55. The van der Waals surface area contributed by atoms with Crippen LogP contribution in [0.15, 0.2) is 18.2 Å². The van der Waals surface area contributed by atoms with Crippen molar-refractivity contribution in [3.63, 3.8) is 0 Å². The topological polar surface area (TPSA) is 58.6 Å². The molecule has 0 radical (unpaired) electrons. The molecule has 2 fully saturated rings. The van der Waals surface area contributed by atoms with Crippen molar-refractivity contribution < 1.29 is 14.6 Å². The monoisotopic (exact) mass is 315 g/mol. The molecule has 4 heteroatoms. The van der Waals surface area contributed by atoms with Gasteiger partial charge in [0.2, 0.25) is 5.91 Å². The number of carbonyl (C=O) groups excluding carboxylic acids is 1. The predicted octanol–water partition coefficient (Wildman–Crippen LogP) is 2.74. The van der Waals surface area contributed by atoms with Crippen LogP contribution in [0, 0.1) is 11.8 Å². The van der Waals surface area contributed by atoms with Gasteiger partial charge in [-0.25, -0.2) is 0 Å². The number of fused-ring (bicyclic) bond motifs is 1. The predicted molar refractivity (Wildman–Crippen MR) is 87.2 cm³/mol. The summed E-state index contributed by atoms with van der Waals surface area (Å²) in [6.07, 6.45) is 6.67. The van der Waals surface area contributed by atoms with Crippen molar-refractivity contribution in [3.05, 3.63) is 29.3 Å². The molecule has 0 bridgehead atoms. The zero-order valence-electron chi connectivity index (χ0n) is 13.5. The lowest BCUT2D eigenvalue weighted by molar-refractivity contribution is -0.126. The fraction of sp³-hybridized carbons (Fsp3) is 0.632. The van der Waals surface area contributed by atoms with Gasteiger partial charge in [0.05, 0.1) is 18.8 Å². The first-order chi connectivity index (χ1) is 11.2. The SMILES string of the molecule is O=C(N[C@@H](c1ccc2c(c1)CCO2)C1CC(O)C1)C1CCCC1. The van der Waals surface area contributed by atoms with E-state index in [1.54, 1.807) is 0 Å². The minimum atomic E-state index is -0.205. The zero-order valence-corrected chi connectivity index (χ0v) is 13.5. The van der Waals surface area contributed by atoms with E-state index in [0.29, 0.717) is 5.92 Å². The number of aliphatic hydroxyl groups excluding tert-OH is 1. The van der Waals surface area contributed by atoms with Crippen LogP contribution in [-0.4, -0.2) is 23.7 Å². The molecule has 0 spiro atoms. The Labute approximate surface area is 137 Å². The minimum absolute atomic E-state index is 0.0254. The van der Waals surface area contributed by atoms with E-state index in [1.165, 1.54) is 18.4 Å². The second kappa shape index (κ2) is 6.16. The zero-order chi connectivity index (χ0) is 15.8. The molecule has 2 saturated carbocycles. The summed E-state index contributed by atoms with van der Waals surface area (Å²) in [7, 11) is 0. The van der Waals surface area contributed by atoms with Crippen LogP contribution in [0.25, 0.3) is 0 Å². The molecule has 1 aliphatic heterocycles. The lowest BCUT2D eigenvalue weighted by Gasteiger charge is -2.38. The van der Waals surface area contributed by atoms with Crippen molar-refractivity contribution in [2.24, 2.45) is 11.8 Å². The first-order valence-electron chi connectivity index (χ1n) is 8.95. The average molecular weight is 315 g/mol. The molecule has 124 valence electrons. The molecule has 1 atom stereocenters. The largest absolute Gasteiger partial charge is 0.493 e. The summed E-state index contributed by atoms with van der Waals surface area (Å²) < 4.78 is 5.59. The van der Waals surface area contributed by atoms with Gasteiger partial charge in [0.25, 0.3) is 0 Å². The van der Waals surface area contributed by atoms with E-state index in [-0.39, 0.29) is 24.0 Å². The molecule has 0 saturated heterocycles. The lowest BCUT2D eigenvalue weighted by atomic mass is 9.74. The average Bonchev–Trinajstić information content (AvgIpc) is 3.19. The van der Waals surface area contributed by atoms with Gasteiger partial charge in [0.1, 0.15) is 5.75 Å². The van der Waals surface area contributed by atoms with E-state index in [1.807, 2.05) is 6.07 Å². The van der Waals surface area contributed by atoms with Crippen LogP contribution in [0.1, 0.15) is 55.7 Å². The molecule has 1 amide bonds. The summed E-state index contributed by atoms with van der Waals surface area (Å²) in [5.74, 6) is 1.70. The van der Waals surface area contributed by atoms with Gasteiger partial charge in [0.15, 0.2) is 0 Å². The second-order valence-corrected chi connectivity index (χ2v) is 7.32. The molecule has 23 heavy (non-hydrogen) atoms. The molecule has 2 N–H and O–H groups in total. The number of rotatable bonds is 4. The van der Waals surface area contributed by atoms with E-state index in [4.69, 9.17) is 4.74 Å². The van der Waals surface area contributed by atoms with Crippen LogP contribution in [0.4, 0.5) is 0 Å². The number of amides is 1. The highest BCUT2D eigenvalue weighted by molar-refractivity contribution is 5.79. The minimum Gasteiger partial charge on any atom is -0.493 e. The van der Waals surface area contributed by atoms with E-state index in [2.05, 4.69) is 17.4 Å². The van der Waals surface area contributed by atoms with Gasteiger partial charge in [-0.15, -0.1) is 0 Å². The van der Waals surface area contributed by atoms with E-state index in [0.717, 1.165) is 50.0 Å². The van der Waals surface area contributed by atoms with Gasteiger partial charge in [0, 0.05) is 12.3 Å². The summed E-state index contributed by atoms with van der Waals surface area (Å²) in [5, 5.41) is 13.0. The van der Waals surface area contributed by atoms with Crippen LogP contribution in [0.2, 0.25) is 0 Å². The first-order valence-corrected chi connectivity index (χ1v) is 8.95. The normalized spacial score (nSPS) is 27.9. The Kier molecular flexibility index (Phi) is 4.02. The second-order valence-electron chi connectivity index (χ2n) is 7.32. The molecule has 1 aromatic carbocycles. The van der Waals surface area contributed by atoms with Crippen molar-refractivity contribution in [1.29, 1.82) is 0 Å². The Balaban J connectivity index is 1.54. The van der Waals surface area contributed by atoms with Gasteiger partial charge in [-0.3, -0.25) is 4.79 Å². The summed E-state index contributed by atoms with van der Waals surface area (Å²) >= 11 is 0.